The van der Waals surface area contributed by atoms with Gasteiger partial charge in [-0.15, -0.1) is 11.3 Å². The lowest BCUT2D eigenvalue weighted by atomic mass is 10.2. The second-order valence-electron chi connectivity index (χ2n) is 6.53. The first-order valence-electron chi connectivity index (χ1n) is 8.38. The van der Waals surface area contributed by atoms with Crippen LogP contribution in [0.15, 0.2) is 0 Å². The minimum absolute atomic E-state index is 0.530. The van der Waals surface area contributed by atoms with E-state index >= 15 is 0 Å². The molecule has 2 fully saturated rings. The summed E-state index contributed by atoms with van der Waals surface area (Å²) in [7, 11) is 0. The molecule has 1 N–H and O–H groups in total. The molecule has 0 bridgehead atoms. The van der Waals surface area contributed by atoms with Gasteiger partial charge in [0.25, 0.3) is 0 Å². The molecule has 0 aromatic carbocycles. The van der Waals surface area contributed by atoms with E-state index in [2.05, 4.69) is 35.9 Å². The van der Waals surface area contributed by atoms with Gasteiger partial charge in [0.05, 0.1) is 5.69 Å². The standard InChI is InChI=1S/C16H28N4S/c1-4-14-15(10-17-12(2)3)21-16(18-14)20-9-8-19-7-5-6-13(19)11-20/h12-13,17H,4-11H2,1-3H3. The molecule has 1 unspecified atom stereocenters. The minimum atomic E-state index is 0.530. The van der Waals surface area contributed by atoms with Gasteiger partial charge in [-0.25, -0.2) is 4.98 Å². The van der Waals surface area contributed by atoms with E-state index in [0.29, 0.717) is 6.04 Å². The first kappa shape index (κ1) is 15.3. The highest BCUT2D eigenvalue weighted by Gasteiger charge is 2.31. The fourth-order valence-corrected chi connectivity index (χ4v) is 4.52. The molecule has 2 saturated heterocycles. The largest absolute Gasteiger partial charge is 0.345 e. The summed E-state index contributed by atoms with van der Waals surface area (Å²) < 4.78 is 0. The molecule has 0 spiro atoms. The number of aromatic nitrogens is 1. The molecule has 4 nitrogen and oxygen atoms in total. The van der Waals surface area contributed by atoms with Crippen molar-refractivity contribution in [3.05, 3.63) is 10.6 Å². The van der Waals surface area contributed by atoms with Crippen LogP contribution in [0.1, 0.15) is 44.2 Å². The van der Waals surface area contributed by atoms with Gasteiger partial charge in [-0.1, -0.05) is 20.8 Å². The average molecular weight is 308 g/mol. The Hall–Kier alpha value is -0.650. The third-order valence-electron chi connectivity index (χ3n) is 4.63. The fraction of sp³-hybridized carbons (Fsp3) is 0.812. The topological polar surface area (TPSA) is 31.4 Å². The number of nitrogens with one attached hydrogen (secondary N) is 1. The van der Waals surface area contributed by atoms with Crippen LogP contribution in [0.3, 0.4) is 0 Å². The summed E-state index contributed by atoms with van der Waals surface area (Å²) in [6, 6.07) is 1.30. The Bertz CT molecular complexity index is 471. The van der Waals surface area contributed by atoms with Crippen molar-refractivity contribution in [2.24, 2.45) is 0 Å². The third-order valence-corrected chi connectivity index (χ3v) is 5.79. The molecular weight excluding hydrogens is 280 g/mol. The van der Waals surface area contributed by atoms with Gasteiger partial charge in [0.1, 0.15) is 0 Å². The van der Waals surface area contributed by atoms with Crippen LogP contribution in [0.4, 0.5) is 5.13 Å². The van der Waals surface area contributed by atoms with E-state index in [0.717, 1.165) is 25.6 Å². The lowest BCUT2D eigenvalue weighted by molar-refractivity contribution is 0.231. The number of hydrogen-bond donors (Lipinski definition) is 1. The Morgan fingerprint density at radius 3 is 2.95 bits per heavy atom. The highest BCUT2D eigenvalue weighted by molar-refractivity contribution is 7.15. The molecular formula is C16H28N4S. The minimum Gasteiger partial charge on any atom is -0.345 e. The number of hydrogen-bond acceptors (Lipinski definition) is 5. The predicted octanol–water partition coefficient (Wildman–Crippen LogP) is 2.49. The van der Waals surface area contributed by atoms with Crippen molar-refractivity contribution >= 4 is 16.5 Å². The number of rotatable bonds is 5. The fourth-order valence-electron chi connectivity index (χ4n) is 3.38. The first-order valence-corrected chi connectivity index (χ1v) is 9.20. The summed E-state index contributed by atoms with van der Waals surface area (Å²) in [5.41, 5.74) is 1.29. The quantitative estimate of drug-likeness (QED) is 0.905. The Kier molecular flexibility index (Phi) is 4.82. The molecule has 0 aliphatic carbocycles. The van der Waals surface area contributed by atoms with Gasteiger partial charge in [0, 0.05) is 43.1 Å². The van der Waals surface area contributed by atoms with Crippen molar-refractivity contribution in [3.8, 4) is 0 Å². The van der Waals surface area contributed by atoms with Crippen LogP contribution in [-0.2, 0) is 13.0 Å². The molecule has 0 radical (unpaired) electrons. The van der Waals surface area contributed by atoms with Crippen molar-refractivity contribution < 1.29 is 0 Å². The second kappa shape index (κ2) is 6.63. The number of aryl methyl sites for hydroxylation is 1. The number of thiazole rings is 1. The van der Waals surface area contributed by atoms with E-state index in [1.165, 1.54) is 48.2 Å². The maximum absolute atomic E-state index is 4.93. The highest BCUT2D eigenvalue weighted by Crippen LogP contribution is 2.30. The van der Waals surface area contributed by atoms with E-state index in [4.69, 9.17) is 4.98 Å². The molecule has 118 valence electrons. The summed E-state index contributed by atoms with van der Waals surface area (Å²) in [5, 5.41) is 4.78. The van der Waals surface area contributed by atoms with Crippen LogP contribution in [-0.4, -0.2) is 48.1 Å². The van der Waals surface area contributed by atoms with Crippen molar-refractivity contribution in [2.45, 2.75) is 58.7 Å². The molecule has 5 heteroatoms. The van der Waals surface area contributed by atoms with E-state index in [1.54, 1.807) is 0 Å². The number of piperazine rings is 1. The van der Waals surface area contributed by atoms with Crippen LogP contribution >= 0.6 is 11.3 Å². The van der Waals surface area contributed by atoms with E-state index in [-0.39, 0.29) is 0 Å². The molecule has 3 heterocycles. The molecule has 21 heavy (non-hydrogen) atoms. The Morgan fingerprint density at radius 2 is 2.19 bits per heavy atom. The molecule has 3 rings (SSSR count). The Balaban J connectivity index is 1.70. The monoisotopic (exact) mass is 308 g/mol. The summed E-state index contributed by atoms with van der Waals surface area (Å²) >= 11 is 1.90. The van der Waals surface area contributed by atoms with Crippen molar-refractivity contribution in [1.82, 2.24) is 15.2 Å². The number of fused-ring (bicyclic) bond motifs is 1. The zero-order chi connectivity index (χ0) is 14.8. The third kappa shape index (κ3) is 3.41. The van der Waals surface area contributed by atoms with Gasteiger partial charge in [-0.3, -0.25) is 4.90 Å². The zero-order valence-corrected chi connectivity index (χ0v) is 14.4. The lowest BCUT2D eigenvalue weighted by Gasteiger charge is -2.37. The lowest BCUT2D eigenvalue weighted by Crippen LogP contribution is -2.50. The molecule has 2 aliphatic heterocycles. The second-order valence-corrected chi connectivity index (χ2v) is 7.60. The van der Waals surface area contributed by atoms with Gasteiger partial charge in [-0.05, 0) is 25.8 Å². The molecule has 0 saturated carbocycles. The van der Waals surface area contributed by atoms with Gasteiger partial charge in [0.15, 0.2) is 5.13 Å². The SMILES string of the molecule is CCc1nc(N2CCN3CCCC3C2)sc1CNC(C)C. The summed E-state index contributed by atoms with van der Waals surface area (Å²) in [6.45, 7) is 12.4. The molecule has 1 aromatic heterocycles. The maximum atomic E-state index is 4.93. The molecule has 2 aliphatic rings. The van der Waals surface area contributed by atoms with Crippen LogP contribution in [0.5, 0.6) is 0 Å². The van der Waals surface area contributed by atoms with Crippen LogP contribution in [0.25, 0.3) is 0 Å². The van der Waals surface area contributed by atoms with E-state index in [9.17, 15) is 0 Å². The van der Waals surface area contributed by atoms with Crippen molar-refractivity contribution in [2.75, 3.05) is 31.1 Å². The van der Waals surface area contributed by atoms with Crippen molar-refractivity contribution in [1.29, 1.82) is 0 Å². The predicted molar refractivity (Wildman–Crippen MR) is 90.3 cm³/mol. The summed E-state index contributed by atoms with van der Waals surface area (Å²) in [6.07, 6.45) is 3.78. The Morgan fingerprint density at radius 1 is 1.33 bits per heavy atom. The van der Waals surface area contributed by atoms with Crippen LogP contribution < -0.4 is 10.2 Å². The number of anilines is 1. The first-order chi connectivity index (χ1) is 10.2. The molecule has 0 amide bonds. The summed E-state index contributed by atoms with van der Waals surface area (Å²) in [5.74, 6) is 0. The smallest absolute Gasteiger partial charge is 0.185 e. The van der Waals surface area contributed by atoms with Crippen LogP contribution in [0, 0.1) is 0 Å². The normalized spacial score (nSPS) is 23.0. The van der Waals surface area contributed by atoms with Gasteiger partial charge < -0.3 is 10.2 Å². The van der Waals surface area contributed by atoms with Crippen molar-refractivity contribution in [3.63, 3.8) is 0 Å². The highest BCUT2D eigenvalue weighted by atomic mass is 32.1. The van der Waals surface area contributed by atoms with E-state index in [1.807, 2.05) is 11.3 Å². The van der Waals surface area contributed by atoms with Crippen LogP contribution in [0.2, 0.25) is 0 Å². The Labute approximate surface area is 132 Å². The van der Waals surface area contributed by atoms with Gasteiger partial charge in [0.2, 0.25) is 0 Å². The zero-order valence-electron chi connectivity index (χ0n) is 13.6. The summed E-state index contributed by atoms with van der Waals surface area (Å²) in [4.78, 5) is 11.5. The average Bonchev–Trinajstić information content (AvgIpc) is 3.10. The molecule has 1 atom stereocenters. The van der Waals surface area contributed by atoms with E-state index < -0.39 is 0 Å². The van der Waals surface area contributed by atoms with Gasteiger partial charge >= 0.3 is 0 Å². The number of nitrogens with zero attached hydrogens (tertiary/aromatic N) is 3. The van der Waals surface area contributed by atoms with Gasteiger partial charge in [-0.2, -0.15) is 0 Å². The maximum Gasteiger partial charge on any atom is 0.185 e. The molecule has 1 aromatic rings.